The molecule has 1 aliphatic rings. The molecule has 192 valence electrons. The number of nitrogens with one attached hydrogen (secondary N) is 5. The first-order chi connectivity index (χ1) is 16.0. The van der Waals surface area contributed by atoms with Gasteiger partial charge >= 0.3 is 0 Å². The fraction of sp³-hybridized carbons (Fsp3) is 0.700. The van der Waals surface area contributed by atoms with E-state index in [1.165, 1.54) is 32.7 Å². The highest BCUT2D eigenvalue weighted by atomic mass is 32.1. The summed E-state index contributed by atoms with van der Waals surface area (Å²) in [6.07, 6.45) is 0.976. The van der Waals surface area contributed by atoms with Crippen LogP contribution >= 0.6 is 25.3 Å². The van der Waals surface area contributed by atoms with E-state index in [-0.39, 0.29) is 11.5 Å². The summed E-state index contributed by atoms with van der Waals surface area (Å²) in [5, 5.41) is 12.5. The van der Waals surface area contributed by atoms with Crippen molar-refractivity contribution < 1.29 is 28.8 Å². The highest BCUT2D eigenvalue weighted by Gasteiger charge is 2.37. The zero-order valence-corrected chi connectivity index (χ0v) is 21.5. The van der Waals surface area contributed by atoms with Crippen molar-refractivity contribution in [3.05, 3.63) is 0 Å². The summed E-state index contributed by atoms with van der Waals surface area (Å²) < 4.78 is 0. The van der Waals surface area contributed by atoms with Gasteiger partial charge in [-0.05, 0) is 26.7 Å². The number of amides is 6. The van der Waals surface area contributed by atoms with Crippen molar-refractivity contribution in [2.24, 2.45) is 0 Å². The molecule has 0 aromatic carbocycles. The minimum atomic E-state index is -0.956. The van der Waals surface area contributed by atoms with Gasteiger partial charge < -0.3 is 31.5 Å². The molecule has 1 rings (SSSR count). The minimum absolute atomic E-state index is 0.0506. The van der Waals surface area contributed by atoms with Gasteiger partial charge in [0.15, 0.2) is 0 Å². The van der Waals surface area contributed by atoms with E-state index < -0.39 is 65.7 Å². The lowest BCUT2D eigenvalue weighted by Crippen LogP contribution is -2.58. The smallest absolute Gasteiger partial charge is 0.245 e. The standard InChI is InChI=1S/C20H34N6O6S2/c1-10(16(28)25-13(8-33)17(29)21-4)22-19(31)15-6-5-7-26(15)20(32)11(2)23-18(30)14(9-34)24-12(3)27/h10-11,13-15,33-34H,5-9H2,1-4H3,(H,21,29)(H,22,31)(H,23,30)(H,24,27)(H,25,28)/t10-,11+,13+,14+,15+/m1/s1. The van der Waals surface area contributed by atoms with Crippen LogP contribution in [0.5, 0.6) is 0 Å². The third-order valence-electron chi connectivity index (χ3n) is 5.26. The Morgan fingerprint density at radius 3 is 1.97 bits per heavy atom. The van der Waals surface area contributed by atoms with Crippen LogP contribution in [0.2, 0.25) is 0 Å². The van der Waals surface area contributed by atoms with Crippen LogP contribution in [-0.4, -0.2) is 95.7 Å². The molecule has 12 nitrogen and oxygen atoms in total. The summed E-state index contributed by atoms with van der Waals surface area (Å²) in [6.45, 7) is 4.54. The Kier molecular flexibility index (Phi) is 12.2. The van der Waals surface area contributed by atoms with Gasteiger partial charge in [-0.1, -0.05) is 0 Å². The molecule has 0 bridgehead atoms. The molecule has 0 spiro atoms. The predicted molar refractivity (Wildman–Crippen MR) is 131 cm³/mol. The normalized spacial score (nSPS) is 18.6. The Bertz CT molecular complexity index is 798. The lowest BCUT2D eigenvalue weighted by molar-refractivity contribution is -0.142. The van der Waals surface area contributed by atoms with Gasteiger partial charge in [-0.2, -0.15) is 25.3 Å². The fourth-order valence-electron chi connectivity index (χ4n) is 3.41. The second kappa shape index (κ2) is 14.0. The number of likely N-dealkylation sites (tertiary alicyclic amines) is 1. The molecule has 1 heterocycles. The van der Waals surface area contributed by atoms with Crippen LogP contribution in [0.3, 0.4) is 0 Å². The van der Waals surface area contributed by atoms with Crippen LogP contribution in [0, 0.1) is 0 Å². The van der Waals surface area contributed by atoms with Gasteiger partial charge in [-0.3, -0.25) is 28.8 Å². The Hall–Kier alpha value is -2.48. The molecule has 0 saturated carbocycles. The lowest BCUT2D eigenvalue weighted by Gasteiger charge is -2.29. The van der Waals surface area contributed by atoms with E-state index in [1.54, 1.807) is 0 Å². The number of hydrogen-bond acceptors (Lipinski definition) is 8. The topological polar surface area (TPSA) is 166 Å². The zero-order valence-electron chi connectivity index (χ0n) is 19.7. The number of thiol groups is 2. The van der Waals surface area contributed by atoms with Crippen molar-refractivity contribution in [1.82, 2.24) is 31.5 Å². The van der Waals surface area contributed by atoms with Crippen molar-refractivity contribution >= 4 is 60.7 Å². The molecular formula is C20H34N6O6S2. The van der Waals surface area contributed by atoms with Gasteiger partial charge in [0.1, 0.15) is 30.2 Å². The maximum atomic E-state index is 12.9. The number of carbonyl (C=O) groups excluding carboxylic acids is 6. The van der Waals surface area contributed by atoms with E-state index in [0.29, 0.717) is 19.4 Å². The summed E-state index contributed by atoms with van der Waals surface area (Å²) in [5.74, 6) is -2.79. The largest absolute Gasteiger partial charge is 0.357 e. The molecule has 0 aromatic rings. The van der Waals surface area contributed by atoms with E-state index in [9.17, 15) is 28.8 Å². The first-order valence-corrected chi connectivity index (χ1v) is 12.1. The molecular weight excluding hydrogens is 484 g/mol. The van der Waals surface area contributed by atoms with Crippen LogP contribution in [0.15, 0.2) is 0 Å². The molecule has 0 radical (unpaired) electrons. The number of hydrogen-bond donors (Lipinski definition) is 7. The number of likely N-dealkylation sites (N-methyl/N-ethyl adjacent to an activating group) is 1. The molecule has 6 amide bonds. The summed E-state index contributed by atoms with van der Waals surface area (Å²) in [6, 6.07) is -4.46. The minimum Gasteiger partial charge on any atom is -0.357 e. The first kappa shape index (κ1) is 29.6. The third-order valence-corrected chi connectivity index (χ3v) is 5.99. The molecule has 0 aliphatic carbocycles. The van der Waals surface area contributed by atoms with Crippen molar-refractivity contribution in [3.8, 4) is 0 Å². The summed E-state index contributed by atoms with van der Waals surface area (Å²) in [7, 11) is 1.43. The van der Waals surface area contributed by atoms with Gasteiger partial charge in [0.05, 0.1) is 0 Å². The Balaban J connectivity index is 2.74. The highest BCUT2D eigenvalue weighted by molar-refractivity contribution is 7.80. The highest BCUT2D eigenvalue weighted by Crippen LogP contribution is 2.19. The van der Waals surface area contributed by atoms with E-state index in [0.717, 1.165) is 0 Å². The Morgan fingerprint density at radius 1 is 0.853 bits per heavy atom. The average molecular weight is 519 g/mol. The Labute approximate surface area is 209 Å². The Morgan fingerprint density at radius 2 is 1.44 bits per heavy atom. The maximum absolute atomic E-state index is 12.9. The molecule has 14 heteroatoms. The molecule has 0 unspecified atom stereocenters. The SMILES string of the molecule is CNC(=O)[C@H](CS)NC(=O)[C@@H](C)NC(=O)[C@@H]1CCCN1C(=O)[C@H](C)NC(=O)[C@H](CS)NC(C)=O. The van der Waals surface area contributed by atoms with Crippen molar-refractivity contribution in [1.29, 1.82) is 0 Å². The van der Waals surface area contributed by atoms with Crippen LogP contribution in [0.1, 0.15) is 33.6 Å². The first-order valence-electron chi connectivity index (χ1n) is 10.9. The summed E-state index contributed by atoms with van der Waals surface area (Å²) in [4.78, 5) is 74.8. The third kappa shape index (κ3) is 8.38. The number of rotatable bonds is 11. The summed E-state index contributed by atoms with van der Waals surface area (Å²) in [5.41, 5.74) is 0. The van der Waals surface area contributed by atoms with E-state index in [2.05, 4.69) is 51.8 Å². The lowest BCUT2D eigenvalue weighted by atomic mass is 10.1. The maximum Gasteiger partial charge on any atom is 0.245 e. The average Bonchev–Trinajstić information content (AvgIpc) is 3.29. The van der Waals surface area contributed by atoms with Gasteiger partial charge in [0, 0.05) is 32.0 Å². The van der Waals surface area contributed by atoms with Crippen LogP contribution in [0.25, 0.3) is 0 Å². The van der Waals surface area contributed by atoms with E-state index in [1.807, 2.05) is 0 Å². The van der Waals surface area contributed by atoms with E-state index >= 15 is 0 Å². The fourth-order valence-corrected chi connectivity index (χ4v) is 3.92. The van der Waals surface area contributed by atoms with Crippen LogP contribution in [-0.2, 0) is 28.8 Å². The van der Waals surface area contributed by atoms with Gasteiger partial charge in [0.2, 0.25) is 35.4 Å². The van der Waals surface area contributed by atoms with Crippen molar-refractivity contribution in [3.63, 3.8) is 0 Å². The molecule has 1 fully saturated rings. The molecule has 1 aliphatic heterocycles. The number of nitrogens with zero attached hydrogens (tertiary/aromatic N) is 1. The summed E-state index contributed by atoms with van der Waals surface area (Å²) >= 11 is 8.08. The van der Waals surface area contributed by atoms with Gasteiger partial charge in [-0.15, -0.1) is 0 Å². The molecule has 0 aromatic heterocycles. The van der Waals surface area contributed by atoms with Gasteiger partial charge in [0.25, 0.3) is 0 Å². The monoisotopic (exact) mass is 518 g/mol. The van der Waals surface area contributed by atoms with Crippen molar-refractivity contribution in [2.45, 2.75) is 63.8 Å². The van der Waals surface area contributed by atoms with E-state index in [4.69, 9.17) is 0 Å². The van der Waals surface area contributed by atoms with Gasteiger partial charge in [-0.25, -0.2) is 0 Å². The quantitative estimate of drug-likeness (QED) is 0.150. The molecule has 1 saturated heterocycles. The number of carbonyl (C=O) groups is 6. The second-order valence-corrected chi connectivity index (χ2v) is 8.67. The van der Waals surface area contributed by atoms with Crippen LogP contribution < -0.4 is 26.6 Å². The second-order valence-electron chi connectivity index (χ2n) is 7.94. The molecule has 5 N–H and O–H groups in total. The molecule has 5 atom stereocenters. The zero-order chi connectivity index (χ0) is 26.0. The molecule has 34 heavy (non-hydrogen) atoms. The predicted octanol–water partition coefficient (Wildman–Crippen LogP) is -2.42. The van der Waals surface area contributed by atoms with Crippen LogP contribution in [0.4, 0.5) is 0 Å². The van der Waals surface area contributed by atoms with Crippen molar-refractivity contribution in [2.75, 3.05) is 25.1 Å².